The third-order valence-electron chi connectivity index (χ3n) is 6.36. The Morgan fingerprint density at radius 3 is 2.42 bits per heavy atom. The lowest BCUT2D eigenvalue weighted by Crippen LogP contribution is -2.42. The molecule has 0 aliphatic heterocycles. The van der Waals surface area contributed by atoms with E-state index < -0.39 is 23.4 Å². The van der Waals surface area contributed by atoms with E-state index in [0.29, 0.717) is 17.8 Å². The second-order valence-electron chi connectivity index (χ2n) is 8.89. The number of nitrogens with one attached hydrogen (secondary N) is 1. The number of aromatic nitrogens is 2. The Morgan fingerprint density at radius 2 is 1.91 bits per heavy atom. The Morgan fingerprint density at radius 1 is 1.27 bits per heavy atom. The number of nitrogens with zero attached hydrogens (tertiary/aromatic N) is 3. The number of hydrogen-bond acceptors (Lipinski definition) is 5. The molecule has 0 unspecified atom stereocenters. The van der Waals surface area contributed by atoms with Gasteiger partial charge in [-0.3, -0.25) is 4.79 Å². The summed E-state index contributed by atoms with van der Waals surface area (Å²) in [6.45, 7) is 1.91. The summed E-state index contributed by atoms with van der Waals surface area (Å²) in [6.07, 6.45) is -1.40. The molecule has 2 atom stereocenters. The van der Waals surface area contributed by atoms with Gasteiger partial charge in [0.2, 0.25) is 5.91 Å². The Kier molecular flexibility index (Phi) is 7.53. The van der Waals surface area contributed by atoms with Gasteiger partial charge in [0.1, 0.15) is 11.6 Å². The Labute approximate surface area is 196 Å². The number of carbonyl (C=O) groups is 1. The van der Waals surface area contributed by atoms with Crippen molar-refractivity contribution in [3.8, 4) is 5.75 Å². The van der Waals surface area contributed by atoms with Crippen molar-refractivity contribution in [2.24, 2.45) is 5.41 Å². The third kappa shape index (κ3) is 5.95. The summed E-state index contributed by atoms with van der Waals surface area (Å²) in [7, 11) is 3.71. The molecule has 1 aliphatic carbocycles. The second kappa shape index (κ2) is 9.85. The summed E-state index contributed by atoms with van der Waals surface area (Å²) in [5, 5.41) is 12.6. The average molecular weight is 485 g/mol. The van der Waals surface area contributed by atoms with Gasteiger partial charge < -0.3 is 15.3 Å². The second-order valence-corrected chi connectivity index (χ2v) is 9.29. The number of alkyl halides is 3. The van der Waals surface area contributed by atoms with E-state index in [2.05, 4.69) is 15.3 Å². The number of phenolic OH excluding ortho intramolecular Hbond substituents is 1. The van der Waals surface area contributed by atoms with Gasteiger partial charge >= 0.3 is 6.18 Å². The first-order valence-corrected chi connectivity index (χ1v) is 11.1. The molecule has 1 saturated carbocycles. The summed E-state index contributed by atoms with van der Waals surface area (Å²) in [4.78, 5) is 22.8. The van der Waals surface area contributed by atoms with E-state index in [1.165, 1.54) is 18.5 Å². The maximum atomic E-state index is 13.9. The van der Waals surface area contributed by atoms with E-state index in [4.69, 9.17) is 11.6 Å². The Bertz CT molecular complexity index is 979. The number of aryl methyl sites for hydroxylation is 1. The molecular weight excluding hydrogens is 457 g/mol. The van der Waals surface area contributed by atoms with Crippen molar-refractivity contribution in [2.75, 3.05) is 20.6 Å². The number of halogens is 4. The zero-order chi connectivity index (χ0) is 24.4. The first kappa shape index (κ1) is 25.2. The van der Waals surface area contributed by atoms with E-state index in [1.807, 2.05) is 19.0 Å². The number of likely N-dealkylation sites (N-methyl/N-ethyl adjacent to an activating group) is 1. The van der Waals surface area contributed by atoms with Gasteiger partial charge in [-0.05, 0) is 63.5 Å². The minimum absolute atomic E-state index is 0.00966. The van der Waals surface area contributed by atoms with Crippen LogP contribution in [0, 0.1) is 12.3 Å². The normalized spacial score (nSPS) is 17.0. The molecule has 0 saturated heterocycles. The minimum atomic E-state index is -4.41. The maximum absolute atomic E-state index is 13.9. The molecule has 1 heterocycles. The van der Waals surface area contributed by atoms with Gasteiger partial charge in [0.25, 0.3) is 0 Å². The van der Waals surface area contributed by atoms with Crippen LogP contribution in [0.3, 0.4) is 0 Å². The lowest BCUT2D eigenvalue weighted by Gasteiger charge is -2.29. The molecule has 1 fully saturated rings. The Hall–Kier alpha value is -2.39. The van der Waals surface area contributed by atoms with E-state index in [9.17, 15) is 23.1 Å². The molecule has 1 aliphatic rings. The molecular formula is C23H28ClF3N4O2. The van der Waals surface area contributed by atoms with Crippen molar-refractivity contribution >= 4 is 17.5 Å². The summed E-state index contributed by atoms with van der Waals surface area (Å²) < 4.78 is 41.6. The number of aromatic hydroxyl groups is 1. The van der Waals surface area contributed by atoms with Crippen LogP contribution in [0.5, 0.6) is 5.75 Å². The van der Waals surface area contributed by atoms with Crippen molar-refractivity contribution in [2.45, 2.75) is 50.7 Å². The van der Waals surface area contributed by atoms with Gasteiger partial charge in [0.05, 0.1) is 10.4 Å². The number of rotatable bonds is 9. The summed E-state index contributed by atoms with van der Waals surface area (Å²) in [6, 6.07) is 4.78. The lowest BCUT2D eigenvalue weighted by atomic mass is 9.81. The van der Waals surface area contributed by atoms with Crippen LogP contribution in [0.15, 0.2) is 30.6 Å². The van der Waals surface area contributed by atoms with Crippen LogP contribution >= 0.6 is 11.6 Å². The van der Waals surface area contributed by atoms with Gasteiger partial charge in [-0.15, -0.1) is 0 Å². The first-order chi connectivity index (χ1) is 15.4. The molecule has 10 heteroatoms. The minimum Gasteiger partial charge on any atom is -0.506 e. The third-order valence-corrected chi connectivity index (χ3v) is 6.66. The van der Waals surface area contributed by atoms with Gasteiger partial charge in [0.15, 0.2) is 0 Å². The van der Waals surface area contributed by atoms with Gasteiger partial charge in [0, 0.05) is 37.3 Å². The highest BCUT2D eigenvalue weighted by atomic mass is 35.5. The lowest BCUT2D eigenvalue weighted by molar-refractivity contribution is -0.194. The number of benzene rings is 1. The fourth-order valence-corrected chi connectivity index (χ4v) is 4.26. The number of hydrogen-bond donors (Lipinski definition) is 2. The molecule has 0 spiro atoms. The fourth-order valence-electron chi connectivity index (χ4n) is 4.05. The zero-order valence-electron chi connectivity index (χ0n) is 18.8. The number of amides is 1. The van der Waals surface area contributed by atoms with Crippen molar-refractivity contribution in [1.29, 1.82) is 0 Å². The molecule has 1 aromatic carbocycles. The molecule has 2 aromatic rings. The van der Waals surface area contributed by atoms with Crippen LogP contribution in [0.25, 0.3) is 0 Å². The largest absolute Gasteiger partial charge is 0.506 e. The van der Waals surface area contributed by atoms with Crippen LogP contribution in [0.4, 0.5) is 13.2 Å². The molecule has 2 N–H and O–H groups in total. The predicted molar refractivity (Wildman–Crippen MR) is 119 cm³/mol. The van der Waals surface area contributed by atoms with Crippen LogP contribution < -0.4 is 5.32 Å². The molecule has 6 nitrogen and oxygen atoms in total. The van der Waals surface area contributed by atoms with Crippen LogP contribution in [0.1, 0.15) is 42.1 Å². The molecule has 33 heavy (non-hydrogen) atoms. The standard InChI is InChI=1S/C23H28ClF3N4O2/c1-14-28-11-16(12-29-14)18(22(6-7-22)23(25,26)27)10-21(33)30-13-17(31(2)3)8-15-4-5-20(32)19(24)9-15/h4-5,9,11-12,17-18,32H,6-8,10,13H2,1-3H3,(H,30,33)/t17-,18+/m0/s1. The molecule has 1 amide bonds. The molecule has 1 aromatic heterocycles. The van der Waals surface area contributed by atoms with Gasteiger partial charge in [-0.1, -0.05) is 17.7 Å². The van der Waals surface area contributed by atoms with Gasteiger partial charge in [-0.2, -0.15) is 13.2 Å². The van der Waals surface area contributed by atoms with Gasteiger partial charge in [-0.25, -0.2) is 9.97 Å². The van der Waals surface area contributed by atoms with Crippen LogP contribution in [-0.2, 0) is 11.2 Å². The smallest absolute Gasteiger partial charge is 0.395 e. The zero-order valence-corrected chi connectivity index (χ0v) is 19.5. The predicted octanol–water partition coefficient (Wildman–Crippen LogP) is 4.25. The maximum Gasteiger partial charge on any atom is 0.395 e. The van der Waals surface area contributed by atoms with Crippen LogP contribution in [-0.4, -0.2) is 58.7 Å². The first-order valence-electron chi connectivity index (χ1n) is 10.7. The SMILES string of the molecule is Cc1ncc([C@@H](CC(=O)NC[C@H](Cc2ccc(O)c(Cl)c2)N(C)C)C2(C(F)(F)F)CC2)cn1. The van der Waals surface area contributed by atoms with Crippen molar-refractivity contribution < 1.29 is 23.1 Å². The van der Waals surface area contributed by atoms with E-state index in [1.54, 1.807) is 19.1 Å². The van der Waals surface area contributed by atoms with E-state index in [-0.39, 0.29) is 42.6 Å². The number of carbonyl (C=O) groups excluding carboxylic acids is 1. The van der Waals surface area contributed by atoms with Crippen molar-refractivity contribution in [3.63, 3.8) is 0 Å². The highest BCUT2D eigenvalue weighted by Crippen LogP contribution is 2.66. The van der Waals surface area contributed by atoms with E-state index in [0.717, 1.165) is 5.56 Å². The summed E-state index contributed by atoms with van der Waals surface area (Å²) >= 11 is 5.98. The monoisotopic (exact) mass is 484 g/mol. The average Bonchev–Trinajstić information content (AvgIpc) is 3.54. The quantitative estimate of drug-likeness (QED) is 0.556. The highest BCUT2D eigenvalue weighted by Gasteiger charge is 2.67. The Balaban J connectivity index is 1.70. The molecule has 0 radical (unpaired) electrons. The van der Waals surface area contributed by atoms with Crippen molar-refractivity contribution in [3.05, 3.63) is 52.6 Å². The molecule has 0 bridgehead atoms. The molecule has 180 valence electrons. The highest BCUT2D eigenvalue weighted by molar-refractivity contribution is 6.32. The molecule has 3 rings (SSSR count). The fraction of sp³-hybridized carbons (Fsp3) is 0.522. The summed E-state index contributed by atoms with van der Waals surface area (Å²) in [5.74, 6) is -1.04. The number of phenols is 1. The topological polar surface area (TPSA) is 78.3 Å². The van der Waals surface area contributed by atoms with E-state index >= 15 is 0 Å². The van der Waals surface area contributed by atoms with Crippen LogP contribution in [0.2, 0.25) is 5.02 Å². The van der Waals surface area contributed by atoms with Crippen molar-refractivity contribution in [1.82, 2.24) is 20.2 Å². The summed E-state index contributed by atoms with van der Waals surface area (Å²) in [5.41, 5.74) is -0.713.